The Labute approximate surface area is 157 Å². The third kappa shape index (κ3) is 3.93. The van der Waals surface area contributed by atoms with Gasteiger partial charge in [0.25, 0.3) is 0 Å². The van der Waals surface area contributed by atoms with Gasteiger partial charge in [-0.15, -0.1) is 9.95 Å². The van der Waals surface area contributed by atoms with E-state index in [0.717, 1.165) is 16.2 Å². The number of rotatable bonds is 5. The van der Waals surface area contributed by atoms with Gasteiger partial charge in [-0.2, -0.15) is 8.42 Å². The third-order valence-electron chi connectivity index (χ3n) is 4.34. The molecule has 0 spiro atoms. The molecule has 2 aromatic rings. The maximum absolute atomic E-state index is 12.7. The highest BCUT2D eigenvalue weighted by Gasteiger charge is 2.39. The van der Waals surface area contributed by atoms with Gasteiger partial charge in [0.1, 0.15) is 0 Å². The summed E-state index contributed by atoms with van der Waals surface area (Å²) in [6.07, 6.45) is 1.33. The summed E-state index contributed by atoms with van der Waals surface area (Å²) in [6, 6.07) is 14.9. The molecule has 9 heteroatoms. The molecule has 1 aliphatic heterocycles. The van der Waals surface area contributed by atoms with Gasteiger partial charge in [0.2, 0.25) is 0 Å². The number of nitrogens with zero attached hydrogens (tertiary/aromatic N) is 3. The van der Waals surface area contributed by atoms with Gasteiger partial charge in [-0.05, 0) is 24.6 Å². The summed E-state index contributed by atoms with van der Waals surface area (Å²) in [5, 5.41) is 16.4. The molecule has 0 aliphatic carbocycles. The van der Waals surface area contributed by atoms with Crippen LogP contribution in [0.25, 0.3) is 0 Å². The molecule has 27 heavy (non-hydrogen) atoms. The van der Waals surface area contributed by atoms with E-state index in [0.29, 0.717) is 0 Å². The molecule has 2 N–H and O–H groups in total. The lowest BCUT2D eigenvalue weighted by molar-refractivity contribution is -0.477. The van der Waals surface area contributed by atoms with Gasteiger partial charge in [0, 0.05) is 5.92 Å². The van der Waals surface area contributed by atoms with Crippen LogP contribution in [-0.4, -0.2) is 36.5 Å². The van der Waals surface area contributed by atoms with Crippen molar-refractivity contribution in [2.75, 3.05) is 0 Å². The molecular weight excluding hydrogens is 368 g/mol. The summed E-state index contributed by atoms with van der Waals surface area (Å²) in [5.41, 5.74) is 7.62. The van der Waals surface area contributed by atoms with Crippen molar-refractivity contribution in [3.63, 3.8) is 0 Å². The van der Waals surface area contributed by atoms with Crippen LogP contribution in [0.15, 0.2) is 64.6 Å². The Balaban J connectivity index is 1.94. The predicted octanol–water partition coefficient (Wildman–Crippen LogP) is 1.91. The van der Waals surface area contributed by atoms with Crippen molar-refractivity contribution in [3.8, 4) is 0 Å². The molecule has 0 radical (unpaired) electrons. The molecule has 1 aliphatic rings. The van der Waals surface area contributed by atoms with Crippen molar-refractivity contribution in [1.82, 2.24) is 5.06 Å². The highest BCUT2D eigenvalue weighted by molar-refractivity contribution is 7.86. The molecule has 8 nitrogen and oxygen atoms in total. The zero-order valence-corrected chi connectivity index (χ0v) is 15.7. The van der Waals surface area contributed by atoms with E-state index >= 15 is 0 Å². The maximum atomic E-state index is 12.7. The SMILES string of the molecule is Cc1ccc(S(=O)(=O)ON2C(N)=[N+]([O-])N=CC2C(C)c2ccccc2)cc1. The van der Waals surface area contributed by atoms with Crippen LogP contribution in [-0.2, 0) is 14.4 Å². The van der Waals surface area contributed by atoms with Crippen molar-refractivity contribution in [2.45, 2.75) is 30.7 Å². The number of hydrogen-bond acceptors (Lipinski definition) is 7. The standard InChI is InChI=1S/C18H20N4O4S/c1-13-8-10-16(11-9-13)27(24,25)26-21-17(12-20-22(23)18(21)19)14(2)15-6-4-3-5-7-15/h3-12,14,17H,19H2,1-2H3. The quantitative estimate of drug-likeness (QED) is 0.619. The summed E-state index contributed by atoms with van der Waals surface area (Å²) in [7, 11) is -4.18. The van der Waals surface area contributed by atoms with Crippen LogP contribution in [0.5, 0.6) is 0 Å². The fraction of sp³-hybridized carbons (Fsp3) is 0.222. The van der Waals surface area contributed by atoms with E-state index in [1.165, 1.54) is 18.3 Å². The molecule has 0 saturated heterocycles. The smallest absolute Gasteiger partial charge is 0.401 e. The van der Waals surface area contributed by atoms with Crippen LogP contribution in [0.2, 0.25) is 0 Å². The third-order valence-corrected chi connectivity index (χ3v) is 5.55. The van der Waals surface area contributed by atoms with E-state index in [2.05, 4.69) is 5.10 Å². The highest BCUT2D eigenvalue weighted by atomic mass is 32.2. The first kappa shape index (κ1) is 18.9. The monoisotopic (exact) mass is 388 g/mol. The first-order chi connectivity index (χ1) is 12.8. The lowest BCUT2D eigenvalue weighted by Gasteiger charge is -2.30. The number of aryl methyl sites for hydroxylation is 1. The molecule has 2 aromatic carbocycles. The molecule has 2 atom stereocenters. The molecule has 0 amide bonds. The lowest BCUT2D eigenvalue weighted by Crippen LogP contribution is -2.53. The second kappa shape index (κ2) is 7.37. The Morgan fingerprint density at radius 2 is 1.81 bits per heavy atom. The van der Waals surface area contributed by atoms with Crippen LogP contribution >= 0.6 is 0 Å². The molecule has 0 bridgehead atoms. The average molecular weight is 388 g/mol. The van der Waals surface area contributed by atoms with Gasteiger partial charge in [-0.25, -0.2) is 0 Å². The zero-order chi connectivity index (χ0) is 19.6. The van der Waals surface area contributed by atoms with E-state index in [1.54, 1.807) is 12.1 Å². The lowest BCUT2D eigenvalue weighted by atomic mass is 9.93. The van der Waals surface area contributed by atoms with Gasteiger partial charge in [0.15, 0.2) is 6.04 Å². The summed E-state index contributed by atoms with van der Waals surface area (Å²) in [4.78, 5) is 0.0887. The fourth-order valence-corrected chi connectivity index (χ4v) is 3.66. The molecule has 142 valence electrons. The first-order valence-corrected chi connectivity index (χ1v) is 9.69. The van der Waals surface area contributed by atoms with Crippen LogP contribution in [0.1, 0.15) is 24.0 Å². The van der Waals surface area contributed by atoms with Crippen LogP contribution < -0.4 is 5.73 Å². The minimum Gasteiger partial charge on any atom is -0.722 e. The Morgan fingerprint density at radius 3 is 2.44 bits per heavy atom. The molecule has 3 rings (SSSR count). The van der Waals surface area contributed by atoms with E-state index in [9.17, 15) is 13.6 Å². The average Bonchev–Trinajstić information content (AvgIpc) is 2.66. The molecule has 2 unspecified atom stereocenters. The van der Waals surface area contributed by atoms with Crippen molar-refractivity contribution >= 4 is 22.3 Å². The van der Waals surface area contributed by atoms with E-state index in [1.807, 2.05) is 44.2 Å². The van der Waals surface area contributed by atoms with Gasteiger partial charge in [0.05, 0.1) is 11.1 Å². The maximum Gasteiger partial charge on any atom is 0.401 e. The number of hydroxylamine groups is 2. The molecule has 0 saturated carbocycles. The van der Waals surface area contributed by atoms with Crippen molar-refractivity contribution in [2.24, 2.45) is 10.8 Å². The van der Waals surface area contributed by atoms with E-state index in [4.69, 9.17) is 10.0 Å². The number of guanidine groups is 1. The van der Waals surface area contributed by atoms with Crippen LogP contribution in [0, 0.1) is 12.1 Å². The van der Waals surface area contributed by atoms with Crippen molar-refractivity contribution in [1.29, 1.82) is 0 Å². The minimum atomic E-state index is -4.18. The summed E-state index contributed by atoms with van der Waals surface area (Å²) in [5.74, 6) is -0.698. The Hall–Kier alpha value is -2.91. The van der Waals surface area contributed by atoms with Gasteiger partial charge < -0.3 is 5.21 Å². The topological polar surface area (TPSA) is 111 Å². The Morgan fingerprint density at radius 1 is 1.19 bits per heavy atom. The zero-order valence-electron chi connectivity index (χ0n) is 14.9. The van der Waals surface area contributed by atoms with E-state index in [-0.39, 0.29) is 15.7 Å². The number of hydrogen-bond donors (Lipinski definition) is 1. The van der Waals surface area contributed by atoms with Crippen molar-refractivity contribution < 1.29 is 17.5 Å². The summed E-state index contributed by atoms with van der Waals surface area (Å²) < 4.78 is 30.6. The van der Waals surface area contributed by atoms with Gasteiger partial charge >= 0.3 is 16.1 Å². The van der Waals surface area contributed by atoms with E-state index < -0.39 is 22.1 Å². The van der Waals surface area contributed by atoms with Gasteiger partial charge in [-0.1, -0.05) is 64.3 Å². The van der Waals surface area contributed by atoms with Gasteiger partial charge in [-0.3, -0.25) is 5.73 Å². The summed E-state index contributed by atoms with van der Waals surface area (Å²) in [6.45, 7) is 3.71. The largest absolute Gasteiger partial charge is 0.722 e. The first-order valence-electron chi connectivity index (χ1n) is 8.29. The summed E-state index contributed by atoms with van der Waals surface area (Å²) >= 11 is 0. The fourth-order valence-electron chi connectivity index (χ4n) is 2.71. The molecule has 0 fully saturated rings. The highest BCUT2D eigenvalue weighted by Crippen LogP contribution is 2.26. The Bertz CT molecular complexity index is 972. The van der Waals surface area contributed by atoms with Crippen molar-refractivity contribution in [3.05, 3.63) is 70.9 Å². The van der Waals surface area contributed by atoms with Crippen LogP contribution in [0.3, 0.4) is 0 Å². The minimum absolute atomic E-state index is 0.0352. The second-order valence-corrected chi connectivity index (χ2v) is 7.78. The number of hydrazone groups is 1. The molecular formula is C18H20N4O4S. The number of benzene rings is 2. The second-order valence-electron chi connectivity index (χ2n) is 6.25. The predicted molar refractivity (Wildman–Crippen MR) is 101 cm³/mol. The Kier molecular flexibility index (Phi) is 5.15. The normalized spacial score (nSPS) is 18.6. The molecule has 1 heterocycles. The van der Waals surface area contributed by atoms with Crippen LogP contribution in [0.4, 0.5) is 0 Å². The number of nitrogens with two attached hydrogens (primary N) is 1. The molecule has 0 aromatic heterocycles.